The lowest BCUT2D eigenvalue weighted by molar-refractivity contribution is -0.139. The molecule has 0 bridgehead atoms. The van der Waals surface area contributed by atoms with E-state index >= 15 is 0 Å². The van der Waals surface area contributed by atoms with Crippen LogP contribution in [0.1, 0.15) is 37.9 Å². The molecule has 1 aliphatic rings. The molecule has 4 rings (SSSR count). The van der Waals surface area contributed by atoms with Crippen LogP contribution in [0.3, 0.4) is 0 Å². The van der Waals surface area contributed by atoms with Crippen molar-refractivity contribution in [3.05, 3.63) is 84.5 Å². The molecule has 0 saturated heterocycles. The van der Waals surface area contributed by atoms with Gasteiger partial charge in [0.15, 0.2) is 16.3 Å². The second-order valence-electron chi connectivity index (χ2n) is 8.08. The second kappa shape index (κ2) is 10.8. The number of rotatable bonds is 7. The fraction of sp³-hybridized carbons (Fsp3) is 0.259. The van der Waals surface area contributed by atoms with Gasteiger partial charge >= 0.3 is 11.9 Å². The highest BCUT2D eigenvalue weighted by atomic mass is 32.1. The Hall–Kier alpha value is -4.18. The topological polar surface area (TPSA) is 105 Å². The molecular weight excluding hydrogens is 496 g/mol. The van der Waals surface area contributed by atoms with Crippen LogP contribution in [0.15, 0.2) is 63.5 Å². The summed E-state index contributed by atoms with van der Waals surface area (Å²) >= 11 is 1.22. The van der Waals surface area contributed by atoms with E-state index in [0.29, 0.717) is 37.8 Å². The molecule has 1 aromatic heterocycles. The summed E-state index contributed by atoms with van der Waals surface area (Å²) in [5.41, 5.74) is 1.83. The Morgan fingerprint density at radius 3 is 2.41 bits per heavy atom. The molecule has 0 aliphatic carbocycles. The van der Waals surface area contributed by atoms with Crippen LogP contribution in [0.5, 0.6) is 17.2 Å². The van der Waals surface area contributed by atoms with Gasteiger partial charge in [0.05, 0.1) is 42.7 Å². The SMILES string of the molecule is CCOC(=O)C1=C(C)N=c2s/c(=C\c3ccc(OC(C)=O)cc3)c(=O)n2[C@@H]1c1ccc(OC)c(OC)c1. The van der Waals surface area contributed by atoms with Crippen LogP contribution in [0.4, 0.5) is 0 Å². The minimum atomic E-state index is -0.774. The maximum atomic E-state index is 13.7. The molecule has 0 N–H and O–H groups in total. The molecule has 0 spiro atoms. The number of carbonyl (C=O) groups is 2. The van der Waals surface area contributed by atoms with E-state index in [4.69, 9.17) is 18.9 Å². The third-order valence-corrected chi connectivity index (χ3v) is 6.66. The molecule has 3 aromatic rings. The van der Waals surface area contributed by atoms with Crippen molar-refractivity contribution in [2.75, 3.05) is 20.8 Å². The number of hydrogen-bond donors (Lipinski definition) is 0. The fourth-order valence-corrected chi connectivity index (χ4v) is 5.13. The number of aromatic nitrogens is 1. The quantitative estimate of drug-likeness (QED) is 0.347. The predicted molar refractivity (Wildman–Crippen MR) is 138 cm³/mol. The highest BCUT2D eigenvalue weighted by Crippen LogP contribution is 2.36. The Labute approximate surface area is 216 Å². The van der Waals surface area contributed by atoms with E-state index in [9.17, 15) is 14.4 Å². The molecular formula is C27H26N2O7S. The number of hydrogen-bond acceptors (Lipinski definition) is 9. The Kier molecular flexibility index (Phi) is 7.58. The lowest BCUT2D eigenvalue weighted by Gasteiger charge is -2.25. The molecule has 0 radical (unpaired) electrons. The first-order valence-electron chi connectivity index (χ1n) is 11.5. The lowest BCUT2D eigenvalue weighted by atomic mass is 9.95. The first-order chi connectivity index (χ1) is 17.8. The minimum absolute atomic E-state index is 0.183. The van der Waals surface area contributed by atoms with Gasteiger partial charge in [0.2, 0.25) is 0 Å². The van der Waals surface area contributed by atoms with Gasteiger partial charge in [0.25, 0.3) is 5.56 Å². The monoisotopic (exact) mass is 522 g/mol. The van der Waals surface area contributed by atoms with Crippen LogP contribution >= 0.6 is 11.3 Å². The van der Waals surface area contributed by atoms with E-state index in [1.165, 1.54) is 37.0 Å². The van der Waals surface area contributed by atoms with Gasteiger partial charge in [0.1, 0.15) is 5.75 Å². The van der Waals surface area contributed by atoms with Gasteiger partial charge in [-0.15, -0.1) is 0 Å². The first kappa shape index (κ1) is 25.9. The number of allylic oxidation sites excluding steroid dienone is 1. The number of esters is 2. The third kappa shape index (κ3) is 5.19. The Balaban J connectivity index is 1.89. The summed E-state index contributed by atoms with van der Waals surface area (Å²) < 4.78 is 23.2. The van der Waals surface area contributed by atoms with Crippen molar-refractivity contribution >= 4 is 29.4 Å². The smallest absolute Gasteiger partial charge is 0.338 e. The third-order valence-electron chi connectivity index (χ3n) is 5.68. The Morgan fingerprint density at radius 2 is 1.78 bits per heavy atom. The number of methoxy groups -OCH3 is 2. The summed E-state index contributed by atoms with van der Waals surface area (Å²) in [6, 6.07) is 11.3. The number of fused-ring (bicyclic) bond motifs is 1. The zero-order chi connectivity index (χ0) is 26.7. The van der Waals surface area contributed by atoms with Crippen LogP contribution in [-0.2, 0) is 14.3 Å². The molecule has 1 atom stereocenters. The van der Waals surface area contributed by atoms with Gasteiger partial charge in [-0.1, -0.05) is 29.5 Å². The van der Waals surface area contributed by atoms with Crippen LogP contribution in [0.2, 0.25) is 0 Å². The van der Waals surface area contributed by atoms with Gasteiger partial charge in [-0.05, 0) is 55.3 Å². The molecule has 0 unspecified atom stereocenters. The number of nitrogens with zero attached hydrogens (tertiary/aromatic N) is 2. The number of carbonyl (C=O) groups excluding carboxylic acids is 2. The number of ether oxygens (including phenoxy) is 4. The van der Waals surface area contributed by atoms with Crippen LogP contribution in [0.25, 0.3) is 6.08 Å². The molecule has 9 nitrogen and oxygen atoms in total. The summed E-state index contributed by atoms with van der Waals surface area (Å²) in [5.74, 6) is 0.444. The van der Waals surface area contributed by atoms with Crippen molar-refractivity contribution in [1.29, 1.82) is 0 Å². The average Bonchev–Trinajstić information content (AvgIpc) is 3.17. The van der Waals surface area contributed by atoms with E-state index in [0.717, 1.165) is 5.56 Å². The molecule has 10 heteroatoms. The van der Waals surface area contributed by atoms with E-state index in [2.05, 4.69) is 4.99 Å². The molecule has 37 heavy (non-hydrogen) atoms. The Bertz CT molecular complexity index is 1570. The summed E-state index contributed by atoms with van der Waals surface area (Å²) in [6.45, 7) is 4.96. The standard InChI is InChI=1S/C27H26N2O7S/c1-6-35-26(32)23-15(2)28-27-29(24(23)18-9-12-20(33-4)21(14-18)34-5)25(31)22(37-27)13-17-7-10-19(11-8-17)36-16(3)30/h7-14,24H,6H2,1-5H3/b22-13-/t24-/m1/s1. The summed E-state index contributed by atoms with van der Waals surface area (Å²) in [5, 5.41) is 0. The second-order valence-corrected chi connectivity index (χ2v) is 9.09. The first-order valence-corrected chi connectivity index (χ1v) is 12.3. The molecule has 2 aromatic carbocycles. The van der Waals surface area contributed by atoms with Crippen molar-refractivity contribution in [3.8, 4) is 17.2 Å². The van der Waals surface area contributed by atoms with Crippen molar-refractivity contribution < 1.29 is 28.5 Å². The lowest BCUT2D eigenvalue weighted by Crippen LogP contribution is -2.39. The van der Waals surface area contributed by atoms with E-state index in [-0.39, 0.29) is 17.7 Å². The molecule has 1 aliphatic heterocycles. The van der Waals surface area contributed by atoms with Gasteiger partial charge in [0, 0.05) is 6.92 Å². The molecule has 0 fully saturated rings. The van der Waals surface area contributed by atoms with Crippen LogP contribution < -0.4 is 29.1 Å². The molecule has 0 saturated carbocycles. The normalized spacial score (nSPS) is 15.1. The van der Waals surface area contributed by atoms with Gasteiger partial charge < -0.3 is 18.9 Å². The maximum absolute atomic E-state index is 13.7. The van der Waals surface area contributed by atoms with Crippen LogP contribution in [0, 0.1) is 0 Å². The van der Waals surface area contributed by atoms with Gasteiger partial charge in [-0.25, -0.2) is 9.79 Å². The Morgan fingerprint density at radius 1 is 1.08 bits per heavy atom. The molecule has 192 valence electrons. The zero-order valence-corrected chi connectivity index (χ0v) is 21.9. The van der Waals surface area contributed by atoms with Crippen LogP contribution in [-0.4, -0.2) is 37.3 Å². The number of benzene rings is 2. The fourth-order valence-electron chi connectivity index (χ4n) is 4.08. The average molecular weight is 523 g/mol. The van der Waals surface area contributed by atoms with Gasteiger partial charge in [-0.2, -0.15) is 0 Å². The van der Waals surface area contributed by atoms with E-state index in [1.807, 2.05) is 0 Å². The number of thiazole rings is 1. The highest BCUT2D eigenvalue weighted by molar-refractivity contribution is 7.07. The zero-order valence-electron chi connectivity index (χ0n) is 21.1. The van der Waals surface area contributed by atoms with Gasteiger partial charge in [-0.3, -0.25) is 14.2 Å². The minimum Gasteiger partial charge on any atom is -0.493 e. The largest absolute Gasteiger partial charge is 0.493 e. The van der Waals surface area contributed by atoms with Crippen molar-refractivity contribution in [2.45, 2.75) is 26.8 Å². The van der Waals surface area contributed by atoms with Crippen molar-refractivity contribution in [2.24, 2.45) is 4.99 Å². The summed E-state index contributed by atoms with van der Waals surface area (Å²) in [6.07, 6.45) is 1.73. The van der Waals surface area contributed by atoms with Crippen molar-refractivity contribution in [3.63, 3.8) is 0 Å². The van der Waals surface area contributed by atoms with E-state index < -0.39 is 18.0 Å². The highest BCUT2D eigenvalue weighted by Gasteiger charge is 2.33. The molecule has 0 amide bonds. The van der Waals surface area contributed by atoms with Crippen molar-refractivity contribution in [1.82, 2.24) is 4.57 Å². The summed E-state index contributed by atoms with van der Waals surface area (Å²) in [7, 11) is 3.06. The van der Waals surface area contributed by atoms with E-state index in [1.54, 1.807) is 62.4 Å². The summed E-state index contributed by atoms with van der Waals surface area (Å²) in [4.78, 5) is 43.0. The maximum Gasteiger partial charge on any atom is 0.338 e. The molecule has 2 heterocycles. The predicted octanol–water partition coefficient (Wildman–Crippen LogP) is 2.74.